The maximum atomic E-state index is 13.6. The van der Waals surface area contributed by atoms with E-state index in [1.807, 2.05) is 24.3 Å². The number of benzene rings is 3. The van der Waals surface area contributed by atoms with Gasteiger partial charge in [-0.25, -0.2) is 4.39 Å². The summed E-state index contributed by atoms with van der Waals surface area (Å²) in [7, 11) is 3.16. The number of nitrogens with zero attached hydrogens (tertiary/aromatic N) is 1. The summed E-state index contributed by atoms with van der Waals surface area (Å²) >= 11 is 0. The van der Waals surface area contributed by atoms with Crippen LogP contribution in [-0.2, 0) is 11.3 Å². The number of ether oxygens (including phenoxy) is 2. The van der Waals surface area contributed by atoms with Crippen LogP contribution in [0.15, 0.2) is 78.6 Å². The Kier molecular flexibility index (Phi) is 5.62. The summed E-state index contributed by atoms with van der Waals surface area (Å²) in [5, 5.41) is 10.8. The first-order valence-corrected chi connectivity index (χ1v) is 9.78. The third-order valence-electron chi connectivity index (χ3n) is 5.40. The summed E-state index contributed by atoms with van der Waals surface area (Å²) in [6, 6.07) is 19.9. The highest BCUT2D eigenvalue weighted by atomic mass is 19.1. The Balaban J connectivity index is 1.76. The Morgan fingerprint density at radius 3 is 1.97 bits per heavy atom. The van der Waals surface area contributed by atoms with Crippen LogP contribution < -0.4 is 9.47 Å². The SMILES string of the molecule is COc1ccc(CN2C(=O)C(O)=C(c3ccc(OC)cc3)[C@@H]2c2ccc(F)cc2)cc1. The average Bonchev–Trinajstić information content (AvgIpc) is 3.05. The lowest BCUT2D eigenvalue weighted by molar-refractivity contribution is -0.130. The third-order valence-corrected chi connectivity index (χ3v) is 5.40. The molecule has 4 rings (SSSR count). The Bertz CT molecular complexity index is 1110. The molecule has 1 heterocycles. The van der Waals surface area contributed by atoms with E-state index >= 15 is 0 Å². The van der Waals surface area contributed by atoms with Crippen molar-refractivity contribution in [3.05, 3.63) is 101 Å². The molecule has 1 amide bonds. The van der Waals surface area contributed by atoms with Crippen LogP contribution >= 0.6 is 0 Å². The van der Waals surface area contributed by atoms with Gasteiger partial charge in [-0.1, -0.05) is 36.4 Å². The number of aliphatic hydroxyl groups excluding tert-OH is 1. The summed E-state index contributed by atoms with van der Waals surface area (Å²) in [6.07, 6.45) is 0. The second-order valence-corrected chi connectivity index (χ2v) is 7.23. The minimum Gasteiger partial charge on any atom is -0.503 e. The third kappa shape index (κ3) is 3.97. The standard InChI is InChI=1S/C25H22FNO4/c1-30-20-11-3-16(4-12-20)15-27-23(18-5-9-19(26)10-6-18)22(24(28)25(27)29)17-7-13-21(31-2)14-8-17/h3-14,23,28H,15H2,1-2H3/t23-/m0/s1. The molecule has 3 aromatic carbocycles. The zero-order chi connectivity index (χ0) is 22.0. The molecule has 0 saturated carbocycles. The Morgan fingerprint density at radius 2 is 1.42 bits per heavy atom. The molecule has 1 N–H and O–H groups in total. The van der Waals surface area contributed by atoms with Gasteiger partial charge in [0, 0.05) is 12.1 Å². The van der Waals surface area contributed by atoms with E-state index in [4.69, 9.17) is 9.47 Å². The molecule has 0 fully saturated rings. The van der Waals surface area contributed by atoms with Crippen molar-refractivity contribution in [1.82, 2.24) is 4.90 Å². The lowest BCUT2D eigenvalue weighted by atomic mass is 9.93. The van der Waals surface area contributed by atoms with Crippen LogP contribution in [0.5, 0.6) is 11.5 Å². The first kappa shape index (κ1) is 20.5. The largest absolute Gasteiger partial charge is 0.503 e. The second kappa shape index (κ2) is 8.52. The normalized spacial score (nSPS) is 16.0. The fourth-order valence-electron chi connectivity index (χ4n) is 3.80. The fourth-order valence-corrected chi connectivity index (χ4v) is 3.80. The molecule has 1 aliphatic heterocycles. The molecule has 158 valence electrons. The molecule has 1 aliphatic rings. The molecule has 0 aliphatic carbocycles. The van der Waals surface area contributed by atoms with Crippen LogP contribution in [0.4, 0.5) is 4.39 Å². The number of hydrogen-bond donors (Lipinski definition) is 1. The maximum absolute atomic E-state index is 13.6. The molecule has 6 heteroatoms. The zero-order valence-corrected chi connectivity index (χ0v) is 17.2. The molecule has 0 unspecified atom stereocenters. The van der Waals surface area contributed by atoms with Gasteiger partial charge in [-0.2, -0.15) is 0 Å². The van der Waals surface area contributed by atoms with Gasteiger partial charge < -0.3 is 19.5 Å². The zero-order valence-electron chi connectivity index (χ0n) is 17.2. The molecule has 5 nitrogen and oxygen atoms in total. The highest BCUT2D eigenvalue weighted by Crippen LogP contribution is 2.44. The number of methoxy groups -OCH3 is 2. The van der Waals surface area contributed by atoms with Crippen molar-refractivity contribution in [3.8, 4) is 11.5 Å². The highest BCUT2D eigenvalue weighted by Gasteiger charge is 2.41. The molecule has 31 heavy (non-hydrogen) atoms. The van der Waals surface area contributed by atoms with Crippen molar-refractivity contribution in [3.63, 3.8) is 0 Å². The number of halogens is 1. The van der Waals surface area contributed by atoms with Gasteiger partial charge >= 0.3 is 0 Å². The highest BCUT2D eigenvalue weighted by molar-refractivity contribution is 6.05. The smallest absolute Gasteiger partial charge is 0.290 e. The number of carbonyl (C=O) groups excluding carboxylic acids is 1. The molecule has 0 saturated heterocycles. The van der Waals surface area contributed by atoms with Crippen LogP contribution in [0.25, 0.3) is 5.57 Å². The quantitative estimate of drug-likeness (QED) is 0.618. The summed E-state index contributed by atoms with van der Waals surface area (Å²) in [5.74, 6) is 0.228. The number of rotatable bonds is 6. The van der Waals surface area contributed by atoms with E-state index in [-0.39, 0.29) is 18.1 Å². The first-order chi connectivity index (χ1) is 15.0. The topological polar surface area (TPSA) is 59.0 Å². The molecular formula is C25H22FNO4. The van der Waals surface area contributed by atoms with Crippen LogP contribution in [0.3, 0.4) is 0 Å². The minimum atomic E-state index is -0.566. The predicted molar refractivity (Wildman–Crippen MR) is 115 cm³/mol. The van der Waals surface area contributed by atoms with Gasteiger partial charge in [-0.15, -0.1) is 0 Å². The van der Waals surface area contributed by atoms with E-state index in [0.717, 1.165) is 5.56 Å². The molecule has 0 bridgehead atoms. The van der Waals surface area contributed by atoms with Crippen LogP contribution in [0.1, 0.15) is 22.7 Å². The van der Waals surface area contributed by atoms with Crippen molar-refractivity contribution < 1.29 is 23.8 Å². The van der Waals surface area contributed by atoms with E-state index in [1.54, 1.807) is 55.5 Å². The van der Waals surface area contributed by atoms with Crippen molar-refractivity contribution in [2.24, 2.45) is 0 Å². The number of aliphatic hydroxyl groups is 1. The van der Waals surface area contributed by atoms with Gasteiger partial charge in [0.05, 0.1) is 20.3 Å². The number of amides is 1. The van der Waals surface area contributed by atoms with E-state index in [2.05, 4.69) is 0 Å². The Labute approximate surface area is 180 Å². The molecule has 3 aromatic rings. The van der Waals surface area contributed by atoms with E-state index in [0.29, 0.717) is 28.2 Å². The average molecular weight is 419 g/mol. The van der Waals surface area contributed by atoms with Crippen molar-refractivity contribution in [1.29, 1.82) is 0 Å². The number of carbonyl (C=O) groups is 1. The molecular weight excluding hydrogens is 397 g/mol. The Morgan fingerprint density at radius 1 is 0.871 bits per heavy atom. The fraction of sp³-hybridized carbons (Fsp3) is 0.160. The Hall–Kier alpha value is -3.80. The summed E-state index contributed by atoms with van der Waals surface area (Å²) in [4.78, 5) is 14.7. The van der Waals surface area contributed by atoms with E-state index < -0.39 is 11.9 Å². The van der Waals surface area contributed by atoms with Crippen molar-refractivity contribution >= 4 is 11.5 Å². The second-order valence-electron chi connectivity index (χ2n) is 7.23. The van der Waals surface area contributed by atoms with Gasteiger partial charge in [-0.05, 0) is 53.1 Å². The van der Waals surface area contributed by atoms with Gasteiger partial charge in [0.15, 0.2) is 5.76 Å². The van der Waals surface area contributed by atoms with Crippen LogP contribution in [0, 0.1) is 5.82 Å². The monoisotopic (exact) mass is 419 g/mol. The molecule has 0 spiro atoms. The van der Waals surface area contributed by atoms with Crippen LogP contribution in [0.2, 0.25) is 0 Å². The number of hydrogen-bond acceptors (Lipinski definition) is 4. The molecule has 0 aromatic heterocycles. The van der Waals surface area contributed by atoms with Gasteiger partial charge in [0.2, 0.25) is 0 Å². The van der Waals surface area contributed by atoms with Crippen molar-refractivity contribution in [2.75, 3.05) is 14.2 Å². The van der Waals surface area contributed by atoms with Gasteiger partial charge in [-0.3, -0.25) is 4.79 Å². The summed E-state index contributed by atoms with van der Waals surface area (Å²) in [5.41, 5.74) is 2.76. The van der Waals surface area contributed by atoms with Gasteiger partial charge in [0.25, 0.3) is 5.91 Å². The lowest BCUT2D eigenvalue weighted by Gasteiger charge is -2.27. The summed E-state index contributed by atoms with van der Waals surface area (Å²) < 4.78 is 24.0. The van der Waals surface area contributed by atoms with Crippen molar-refractivity contribution in [2.45, 2.75) is 12.6 Å². The van der Waals surface area contributed by atoms with E-state index in [9.17, 15) is 14.3 Å². The maximum Gasteiger partial charge on any atom is 0.290 e. The molecule has 0 radical (unpaired) electrons. The predicted octanol–water partition coefficient (Wildman–Crippen LogP) is 4.90. The first-order valence-electron chi connectivity index (χ1n) is 9.78. The summed E-state index contributed by atoms with van der Waals surface area (Å²) in [6.45, 7) is 0.272. The minimum absolute atomic E-state index is 0.272. The lowest BCUT2D eigenvalue weighted by Crippen LogP contribution is -2.29. The van der Waals surface area contributed by atoms with Gasteiger partial charge in [0.1, 0.15) is 17.3 Å². The molecule has 1 atom stereocenters. The van der Waals surface area contributed by atoms with Crippen LogP contribution in [-0.4, -0.2) is 30.1 Å². The van der Waals surface area contributed by atoms with E-state index in [1.165, 1.54) is 12.1 Å².